The van der Waals surface area contributed by atoms with Crippen LogP contribution in [0.1, 0.15) is 25.3 Å². The standard InChI is InChI=1S/C19H22N2O6S2/c1-11(18(24)25)20-16(22)5-4-8-21-17(23)15(29-19(21)28)10-12-6-7-13(26-2)14(9-12)27-3/h6-7,9-11H,4-5,8H2,1-3H3,(H,20,22)(H,24,25)/b15-10-. The quantitative estimate of drug-likeness (QED) is 0.447. The SMILES string of the molecule is COc1ccc(/C=C2\SC(=S)N(CCCC(=O)NC(C)C(=O)O)C2=O)cc1OC. The minimum absolute atomic E-state index is 0.101. The number of methoxy groups -OCH3 is 2. The first kappa shape index (κ1) is 22.7. The van der Waals surface area contributed by atoms with Crippen molar-refractivity contribution in [1.82, 2.24) is 10.2 Å². The Morgan fingerprint density at radius 1 is 1.31 bits per heavy atom. The van der Waals surface area contributed by atoms with Crippen molar-refractivity contribution < 1.29 is 29.0 Å². The van der Waals surface area contributed by atoms with E-state index in [1.165, 1.54) is 30.7 Å². The summed E-state index contributed by atoms with van der Waals surface area (Å²) in [5.74, 6) is -0.568. The van der Waals surface area contributed by atoms with Crippen LogP contribution in [0.15, 0.2) is 23.1 Å². The number of carbonyl (C=O) groups is 3. The third-order valence-electron chi connectivity index (χ3n) is 4.11. The van der Waals surface area contributed by atoms with E-state index < -0.39 is 12.0 Å². The Kier molecular flexibility index (Phi) is 8.03. The number of hydrogen-bond donors (Lipinski definition) is 2. The topological polar surface area (TPSA) is 105 Å². The van der Waals surface area contributed by atoms with Crippen LogP contribution in [0.5, 0.6) is 11.5 Å². The molecule has 0 spiro atoms. The van der Waals surface area contributed by atoms with Gasteiger partial charge in [0, 0.05) is 13.0 Å². The van der Waals surface area contributed by atoms with E-state index >= 15 is 0 Å². The summed E-state index contributed by atoms with van der Waals surface area (Å²) in [6.07, 6.45) is 2.19. The van der Waals surface area contributed by atoms with Crippen LogP contribution in [-0.4, -0.2) is 58.9 Å². The second kappa shape index (κ2) is 10.3. The van der Waals surface area contributed by atoms with Gasteiger partial charge in [0.15, 0.2) is 11.5 Å². The summed E-state index contributed by atoms with van der Waals surface area (Å²) in [4.78, 5) is 37.1. The van der Waals surface area contributed by atoms with E-state index in [-0.39, 0.29) is 24.8 Å². The Labute approximate surface area is 178 Å². The lowest BCUT2D eigenvalue weighted by atomic mass is 10.2. The lowest BCUT2D eigenvalue weighted by Gasteiger charge is -2.14. The van der Waals surface area contributed by atoms with Crippen molar-refractivity contribution in [1.29, 1.82) is 0 Å². The highest BCUT2D eigenvalue weighted by Gasteiger charge is 2.31. The van der Waals surface area contributed by atoms with Crippen molar-refractivity contribution in [2.24, 2.45) is 0 Å². The third kappa shape index (κ3) is 5.94. The zero-order valence-corrected chi connectivity index (χ0v) is 17.9. The Morgan fingerprint density at radius 2 is 2.00 bits per heavy atom. The number of nitrogens with one attached hydrogen (secondary N) is 1. The van der Waals surface area contributed by atoms with E-state index in [0.717, 1.165) is 5.56 Å². The molecule has 10 heteroatoms. The maximum absolute atomic E-state index is 12.7. The molecule has 0 radical (unpaired) electrons. The average Bonchev–Trinajstić information content (AvgIpc) is 2.94. The molecule has 2 N–H and O–H groups in total. The normalized spacial score (nSPS) is 16.1. The summed E-state index contributed by atoms with van der Waals surface area (Å²) in [7, 11) is 3.08. The monoisotopic (exact) mass is 438 g/mol. The van der Waals surface area contributed by atoms with Crippen LogP contribution in [-0.2, 0) is 14.4 Å². The van der Waals surface area contributed by atoms with Gasteiger partial charge in [0.25, 0.3) is 5.91 Å². The number of aliphatic carboxylic acids is 1. The van der Waals surface area contributed by atoms with Gasteiger partial charge < -0.3 is 19.9 Å². The number of hydrogen-bond acceptors (Lipinski definition) is 7. The van der Waals surface area contributed by atoms with Gasteiger partial charge in [-0.15, -0.1) is 0 Å². The molecule has 1 saturated heterocycles. The van der Waals surface area contributed by atoms with Gasteiger partial charge in [0.05, 0.1) is 19.1 Å². The molecule has 29 heavy (non-hydrogen) atoms. The van der Waals surface area contributed by atoms with Gasteiger partial charge in [-0.1, -0.05) is 30.0 Å². The highest BCUT2D eigenvalue weighted by Crippen LogP contribution is 2.34. The highest BCUT2D eigenvalue weighted by molar-refractivity contribution is 8.26. The molecule has 1 unspecified atom stereocenters. The molecule has 2 amide bonds. The molecule has 0 bridgehead atoms. The fourth-order valence-electron chi connectivity index (χ4n) is 2.56. The first-order valence-electron chi connectivity index (χ1n) is 8.76. The summed E-state index contributed by atoms with van der Waals surface area (Å²) >= 11 is 6.48. The largest absolute Gasteiger partial charge is 0.493 e. The van der Waals surface area contributed by atoms with Crippen LogP contribution < -0.4 is 14.8 Å². The van der Waals surface area contributed by atoms with E-state index in [2.05, 4.69) is 5.32 Å². The van der Waals surface area contributed by atoms with Crippen molar-refractivity contribution in [3.8, 4) is 11.5 Å². The molecule has 2 rings (SSSR count). The van der Waals surface area contributed by atoms with Gasteiger partial charge in [-0.05, 0) is 37.1 Å². The van der Waals surface area contributed by atoms with Gasteiger partial charge >= 0.3 is 5.97 Å². The predicted octanol–water partition coefficient (Wildman–Crippen LogP) is 2.27. The maximum Gasteiger partial charge on any atom is 0.325 e. The molecule has 0 aliphatic carbocycles. The van der Waals surface area contributed by atoms with Crippen LogP contribution in [0.4, 0.5) is 0 Å². The number of carboxylic acids is 1. The molecule has 1 aliphatic rings. The van der Waals surface area contributed by atoms with Crippen molar-refractivity contribution in [2.45, 2.75) is 25.8 Å². The molecule has 0 saturated carbocycles. The van der Waals surface area contributed by atoms with E-state index in [1.807, 2.05) is 6.07 Å². The zero-order chi connectivity index (χ0) is 21.6. The van der Waals surface area contributed by atoms with Gasteiger partial charge in [0.2, 0.25) is 5.91 Å². The summed E-state index contributed by atoms with van der Waals surface area (Å²) in [6, 6.07) is 4.37. The average molecular weight is 439 g/mol. The summed E-state index contributed by atoms with van der Waals surface area (Å²) in [5.41, 5.74) is 0.769. The smallest absolute Gasteiger partial charge is 0.325 e. The number of carboxylic acid groups (broad SMARTS) is 1. The molecular formula is C19H22N2O6S2. The van der Waals surface area contributed by atoms with Crippen molar-refractivity contribution in [2.75, 3.05) is 20.8 Å². The summed E-state index contributed by atoms with van der Waals surface area (Å²) in [6.45, 7) is 1.67. The summed E-state index contributed by atoms with van der Waals surface area (Å²) < 4.78 is 10.9. The number of carbonyl (C=O) groups excluding carboxylic acids is 2. The lowest BCUT2D eigenvalue weighted by molar-refractivity contribution is -0.141. The molecule has 1 aliphatic heterocycles. The molecule has 1 fully saturated rings. The maximum atomic E-state index is 12.7. The van der Waals surface area contributed by atoms with Crippen molar-refractivity contribution >= 4 is 52.2 Å². The second-order valence-electron chi connectivity index (χ2n) is 6.18. The van der Waals surface area contributed by atoms with Crippen LogP contribution in [0.2, 0.25) is 0 Å². The molecule has 156 valence electrons. The van der Waals surface area contributed by atoms with Gasteiger partial charge in [0.1, 0.15) is 10.4 Å². The molecule has 1 atom stereocenters. The lowest BCUT2D eigenvalue weighted by Crippen LogP contribution is -2.38. The van der Waals surface area contributed by atoms with Crippen LogP contribution in [0, 0.1) is 0 Å². The van der Waals surface area contributed by atoms with E-state index in [4.69, 9.17) is 26.8 Å². The molecule has 0 aromatic heterocycles. The zero-order valence-electron chi connectivity index (χ0n) is 16.3. The first-order chi connectivity index (χ1) is 13.8. The Hall–Kier alpha value is -2.59. The fourth-order valence-corrected chi connectivity index (χ4v) is 3.87. The van der Waals surface area contributed by atoms with Crippen molar-refractivity contribution in [3.05, 3.63) is 28.7 Å². The molecule has 8 nitrogen and oxygen atoms in total. The number of amides is 2. The molecule has 1 aromatic carbocycles. The predicted molar refractivity (Wildman–Crippen MR) is 114 cm³/mol. The number of thiocarbonyl (C=S) groups is 1. The van der Waals surface area contributed by atoms with Crippen LogP contribution >= 0.6 is 24.0 Å². The second-order valence-corrected chi connectivity index (χ2v) is 7.85. The number of nitrogens with zero attached hydrogens (tertiary/aromatic N) is 1. The molecular weight excluding hydrogens is 416 g/mol. The third-order valence-corrected chi connectivity index (χ3v) is 5.49. The van der Waals surface area contributed by atoms with E-state index in [9.17, 15) is 14.4 Å². The van der Waals surface area contributed by atoms with E-state index in [1.54, 1.807) is 25.3 Å². The fraction of sp³-hybridized carbons (Fsp3) is 0.368. The molecule has 1 aromatic rings. The highest BCUT2D eigenvalue weighted by atomic mass is 32.2. The van der Waals surface area contributed by atoms with E-state index in [0.29, 0.717) is 27.1 Å². The Balaban J connectivity index is 1.98. The van der Waals surface area contributed by atoms with Gasteiger partial charge in [-0.3, -0.25) is 19.3 Å². The Bertz CT molecular complexity index is 855. The Morgan fingerprint density at radius 3 is 2.62 bits per heavy atom. The van der Waals surface area contributed by atoms with Gasteiger partial charge in [-0.2, -0.15) is 0 Å². The number of thioether (sulfide) groups is 1. The molecule has 1 heterocycles. The number of ether oxygens (including phenoxy) is 2. The number of benzene rings is 1. The minimum atomic E-state index is -1.10. The first-order valence-corrected chi connectivity index (χ1v) is 9.98. The van der Waals surface area contributed by atoms with Crippen LogP contribution in [0.3, 0.4) is 0 Å². The summed E-state index contributed by atoms with van der Waals surface area (Å²) in [5, 5.41) is 11.2. The minimum Gasteiger partial charge on any atom is -0.493 e. The number of rotatable bonds is 9. The van der Waals surface area contributed by atoms with Gasteiger partial charge in [-0.25, -0.2) is 0 Å². The van der Waals surface area contributed by atoms with Crippen molar-refractivity contribution in [3.63, 3.8) is 0 Å². The van der Waals surface area contributed by atoms with Crippen LogP contribution in [0.25, 0.3) is 6.08 Å².